The zero-order valence-electron chi connectivity index (χ0n) is 21.0. The van der Waals surface area contributed by atoms with Crippen molar-refractivity contribution in [1.29, 1.82) is 0 Å². The number of anilines is 2. The zero-order valence-corrected chi connectivity index (χ0v) is 21.0. The maximum absolute atomic E-state index is 14.0. The second-order valence-electron chi connectivity index (χ2n) is 9.06. The Morgan fingerprint density at radius 3 is 2.00 bits per heavy atom. The number of urea groups is 1. The number of carboxylic acid groups (broad SMARTS) is 1. The highest BCUT2D eigenvalue weighted by molar-refractivity contribution is 6.01. The lowest BCUT2D eigenvalue weighted by molar-refractivity contribution is 0.0693. The van der Waals surface area contributed by atoms with E-state index < -0.39 is 17.8 Å². The summed E-state index contributed by atoms with van der Waals surface area (Å²) in [6.45, 7) is 8.23. The summed E-state index contributed by atoms with van der Waals surface area (Å²) >= 11 is 0. The summed E-state index contributed by atoms with van der Waals surface area (Å²) in [5, 5.41) is 14.8. The summed E-state index contributed by atoms with van der Waals surface area (Å²) in [7, 11) is 1.41. The molecule has 3 aromatic carbocycles. The van der Waals surface area contributed by atoms with Crippen molar-refractivity contribution in [2.75, 3.05) is 17.7 Å². The Kier molecular flexibility index (Phi) is 8.53. The van der Waals surface area contributed by atoms with Gasteiger partial charge in [0, 0.05) is 0 Å². The molecule has 0 heterocycles. The third-order valence-corrected chi connectivity index (χ3v) is 5.69. The number of nitrogens with one attached hydrogen (secondary N) is 2. The third-order valence-electron chi connectivity index (χ3n) is 5.69. The Hall–Kier alpha value is -4.07. The van der Waals surface area contributed by atoms with Crippen molar-refractivity contribution >= 4 is 23.4 Å². The summed E-state index contributed by atoms with van der Waals surface area (Å²) in [5.41, 5.74) is 1.68. The Bertz CT molecular complexity index is 1230. The highest BCUT2D eigenvalue weighted by Crippen LogP contribution is 2.35. The molecule has 36 heavy (non-hydrogen) atoms. The van der Waals surface area contributed by atoms with E-state index in [0.717, 1.165) is 0 Å². The number of halogens is 1. The molecule has 190 valence electrons. The molecule has 2 amide bonds. The SMILES string of the molecule is COc1ccc(-c2ccc(OC(C(C)C)C(C)C)c(NC(=O)Nc3ccccc3F)c2)cc1C(=O)O. The van der Waals surface area contributed by atoms with Crippen LogP contribution in [0.25, 0.3) is 11.1 Å². The number of amides is 2. The molecular weight excluding hydrogens is 463 g/mol. The van der Waals surface area contributed by atoms with Crippen LogP contribution in [0.3, 0.4) is 0 Å². The predicted molar refractivity (Wildman–Crippen MR) is 139 cm³/mol. The fraction of sp³-hybridized carbons (Fsp3) is 0.286. The minimum absolute atomic E-state index is 0.0156. The second-order valence-corrected chi connectivity index (χ2v) is 9.06. The van der Waals surface area contributed by atoms with Gasteiger partial charge in [0.05, 0.1) is 18.5 Å². The fourth-order valence-corrected chi connectivity index (χ4v) is 3.99. The molecule has 0 aliphatic rings. The van der Waals surface area contributed by atoms with E-state index in [2.05, 4.69) is 38.3 Å². The third kappa shape index (κ3) is 6.33. The van der Waals surface area contributed by atoms with E-state index in [9.17, 15) is 19.1 Å². The van der Waals surface area contributed by atoms with Gasteiger partial charge in [0.15, 0.2) is 0 Å². The van der Waals surface area contributed by atoms with Gasteiger partial charge in [-0.1, -0.05) is 52.0 Å². The number of carbonyl (C=O) groups excluding carboxylic acids is 1. The highest BCUT2D eigenvalue weighted by Gasteiger charge is 2.22. The van der Waals surface area contributed by atoms with Crippen LogP contribution in [0.1, 0.15) is 38.1 Å². The van der Waals surface area contributed by atoms with E-state index >= 15 is 0 Å². The molecule has 0 unspecified atom stereocenters. The van der Waals surface area contributed by atoms with E-state index in [1.807, 2.05) is 0 Å². The van der Waals surface area contributed by atoms with E-state index in [-0.39, 0.29) is 34.9 Å². The molecule has 0 fully saturated rings. The van der Waals surface area contributed by atoms with E-state index in [4.69, 9.17) is 9.47 Å². The Morgan fingerprint density at radius 2 is 1.42 bits per heavy atom. The normalized spacial score (nSPS) is 11.0. The van der Waals surface area contributed by atoms with Gasteiger partial charge in [0.2, 0.25) is 0 Å². The number of ether oxygens (including phenoxy) is 2. The molecule has 3 aromatic rings. The van der Waals surface area contributed by atoms with Crippen LogP contribution in [0.4, 0.5) is 20.6 Å². The minimum Gasteiger partial charge on any atom is -0.496 e. The summed E-state index contributed by atoms with van der Waals surface area (Å²) in [4.78, 5) is 24.5. The van der Waals surface area contributed by atoms with Crippen LogP contribution in [-0.4, -0.2) is 30.3 Å². The largest absolute Gasteiger partial charge is 0.496 e. The maximum atomic E-state index is 14.0. The maximum Gasteiger partial charge on any atom is 0.339 e. The lowest BCUT2D eigenvalue weighted by Gasteiger charge is -2.27. The van der Waals surface area contributed by atoms with Crippen molar-refractivity contribution in [1.82, 2.24) is 0 Å². The van der Waals surface area contributed by atoms with Gasteiger partial charge in [-0.3, -0.25) is 0 Å². The van der Waals surface area contributed by atoms with Gasteiger partial charge in [-0.2, -0.15) is 0 Å². The Morgan fingerprint density at radius 1 is 0.833 bits per heavy atom. The van der Waals surface area contributed by atoms with Crippen molar-refractivity contribution in [3.05, 3.63) is 72.0 Å². The molecule has 7 nitrogen and oxygen atoms in total. The molecule has 0 bridgehead atoms. The van der Waals surface area contributed by atoms with Crippen LogP contribution in [0.2, 0.25) is 0 Å². The Labute approximate surface area is 210 Å². The first-order valence-electron chi connectivity index (χ1n) is 11.7. The fourth-order valence-electron chi connectivity index (χ4n) is 3.99. The van der Waals surface area contributed by atoms with Crippen LogP contribution in [-0.2, 0) is 0 Å². The first-order chi connectivity index (χ1) is 17.1. The molecular formula is C28H31FN2O5. The molecule has 0 radical (unpaired) electrons. The molecule has 0 aromatic heterocycles. The summed E-state index contributed by atoms with van der Waals surface area (Å²) in [6, 6.07) is 15.3. The summed E-state index contributed by atoms with van der Waals surface area (Å²) in [6.07, 6.45) is -0.120. The van der Waals surface area contributed by atoms with Crippen LogP contribution < -0.4 is 20.1 Å². The van der Waals surface area contributed by atoms with E-state index in [1.54, 1.807) is 36.4 Å². The van der Waals surface area contributed by atoms with Gasteiger partial charge >= 0.3 is 12.0 Å². The molecule has 0 atom stereocenters. The summed E-state index contributed by atoms with van der Waals surface area (Å²) in [5.74, 6) is -0.564. The number of hydrogen-bond donors (Lipinski definition) is 3. The number of para-hydroxylation sites is 1. The topological polar surface area (TPSA) is 96.9 Å². The molecule has 0 saturated heterocycles. The molecule has 0 aliphatic carbocycles. The standard InChI is InChI=1S/C28H31FN2O5/c1-16(2)26(17(3)4)36-25-13-11-19(18-10-12-24(35-5)20(14-18)27(32)33)15-23(25)31-28(34)30-22-9-7-6-8-21(22)29/h6-17,26H,1-5H3,(H,32,33)(H2,30,31,34). The number of methoxy groups -OCH3 is 1. The molecule has 0 aliphatic heterocycles. The van der Waals surface area contributed by atoms with E-state index in [0.29, 0.717) is 22.6 Å². The van der Waals surface area contributed by atoms with Crippen LogP contribution in [0, 0.1) is 17.7 Å². The minimum atomic E-state index is -1.12. The summed E-state index contributed by atoms with van der Waals surface area (Å²) < 4.78 is 25.5. The van der Waals surface area contributed by atoms with Gasteiger partial charge in [-0.05, 0) is 59.4 Å². The van der Waals surface area contributed by atoms with Crippen LogP contribution in [0.15, 0.2) is 60.7 Å². The predicted octanol–water partition coefficient (Wildman–Crippen LogP) is 6.90. The molecule has 0 saturated carbocycles. The van der Waals surface area contributed by atoms with Gasteiger partial charge in [-0.25, -0.2) is 14.0 Å². The number of hydrogen-bond acceptors (Lipinski definition) is 4. The molecule has 8 heteroatoms. The number of rotatable bonds is 9. The lowest BCUT2D eigenvalue weighted by atomic mass is 9.96. The van der Waals surface area contributed by atoms with Gasteiger partial charge in [-0.15, -0.1) is 0 Å². The van der Waals surface area contributed by atoms with Gasteiger partial charge in [0.25, 0.3) is 0 Å². The van der Waals surface area contributed by atoms with Crippen molar-refractivity contribution < 1.29 is 28.6 Å². The average Bonchev–Trinajstić information content (AvgIpc) is 2.83. The second kappa shape index (κ2) is 11.6. The van der Waals surface area contributed by atoms with Crippen molar-refractivity contribution in [2.45, 2.75) is 33.8 Å². The number of benzene rings is 3. The highest BCUT2D eigenvalue weighted by atomic mass is 19.1. The molecule has 0 spiro atoms. The lowest BCUT2D eigenvalue weighted by Crippen LogP contribution is -2.29. The van der Waals surface area contributed by atoms with Crippen LogP contribution in [0.5, 0.6) is 11.5 Å². The van der Waals surface area contributed by atoms with Crippen molar-refractivity contribution in [3.63, 3.8) is 0 Å². The number of aromatic carboxylic acids is 1. The van der Waals surface area contributed by atoms with Gasteiger partial charge < -0.3 is 25.2 Å². The first kappa shape index (κ1) is 26.5. The van der Waals surface area contributed by atoms with Crippen molar-refractivity contribution in [2.24, 2.45) is 11.8 Å². The average molecular weight is 495 g/mol. The first-order valence-corrected chi connectivity index (χ1v) is 11.7. The van der Waals surface area contributed by atoms with Crippen molar-refractivity contribution in [3.8, 4) is 22.6 Å². The number of carboxylic acids is 1. The monoisotopic (exact) mass is 494 g/mol. The van der Waals surface area contributed by atoms with Gasteiger partial charge in [0.1, 0.15) is 29.0 Å². The van der Waals surface area contributed by atoms with E-state index in [1.165, 1.54) is 31.4 Å². The smallest absolute Gasteiger partial charge is 0.339 e. The quantitative estimate of drug-likeness (QED) is 0.301. The molecule has 3 N–H and O–H groups in total. The Balaban J connectivity index is 2.01. The molecule has 3 rings (SSSR count). The number of carbonyl (C=O) groups is 2. The zero-order chi connectivity index (χ0) is 26.4. The van der Waals surface area contributed by atoms with Crippen LogP contribution >= 0.6 is 0 Å².